The minimum atomic E-state index is 0.288. The monoisotopic (exact) mass is 225 g/mol. The summed E-state index contributed by atoms with van der Waals surface area (Å²) < 4.78 is 6.67. The van der Waals surface area contributed by atoms with E-state index in [0.717, 1.165) is 17.0 Å². The first-order chi connectivity index (χ1) is 7.11. The Bertz CT molecular complexity index is 459. The van der Waals surface area contributed by atoms with E-state index in [1.807, 2.05) is 11.6 Å². The molecule has 0 saturated carbocycles. The SMILES string of the molecule is Cc1c(Cl)c(-c2cnoc2)nn1C(C)C. The highest BCUT2D eigenvalue weighted by Gasteiger charge is 2.16. The van der Waals surface area contributed by atoms with E-state index in [1.165, 1.54) is 0 Å². The highest BCUT2D eigenvalue weighted by atomic mass is 35.5. The second-order valence-electron chi connectivity index (χ2n) is 3.70. The van der Waals surface area contributed by atoms with Crippen molar-refractivity contribution >= 4 is 11.6 Å². The Morgan fingerprint density at radius 1 is 1.47 bits per heavy atom. The summed E-state index contributed by atoms with van der Waals surface area (Å²) in [5, 5.41) is 8.74. The van der Waals surface area contributed by atoms with Crippen molar-refractivity contribution in [1.82, 2.24) is 14.9 Å². The maximum atomic E-state index is 6.20. The minimum Gasteiger partial charge on any atom is -0.364 e. The van der Waals surface area contributed by atoms with Crippen LogP contribution in [-0.4, -0.2) is 14.9 Å². The molecular weight excluding hydrogens is 214 g/mol. The number of hydrogen-bond donors (Lipinski definition) is 0. The Hall–Kier alpha value is -1.29. The quantitative estimate of drug-likeness (QED) is 0.789. The van der Waals surface area contributed by atoms with Gasteiger partial charge < -0.3 is 4.52 Å². The van der Waals surface area contributed by atoms with Gasteiger partial charge in [-0.2, -0.15) is 5.10 Å². The van der Waals surface area contributed by atoms with E-state index in [2.05, 4.69) is 24.1 Å². The third-order valence-electron chi connectivity index (χ3n) is 2.27. The van der Waals surface area contributed by atoms with Crippen LogP contribution in [0.4, 0.5) is 0 Å². The normalized spacial score (nSPS) is 11.3. The van der Waals surface area contributed by atoms with Crippen molar-refractivity contribution in [3.8, 4) is 11.3 Å². The molecule has 0 unspecified atom stereocenters. The molecule has 2 aromatic heterocycles. The van der Waals surface area contributed by atoms with E-state index in [0.29, 0.717) is 5.02 Å². The largest absolute Gasteiger partial charge is 0.364 e. The van der Waals surface area contributed by atoms with Gasteiger partial charge in [0.1, 0.15) is 12.0 Å². The smallest absolute Gasteiger partial charge is 0.133 e. The fourth-order valence-corrected chi connectivity index (χ4v) is 1.74. The van der Waals surface area contributed by atoms with Gasteiger partial charge in [-0.15, -0.1) is 0 Å². The molecule has 0 aliphatic rings. The van der Waals surface area contributed by atoms with Crippen molar-refractivity contribution < 1.29 is 4.52 Å². The molecule has 2 rings (SSSR count). The van der Waals surface area contributed by atoms with Gasteiger partial charge in [0.2, 0.25) is 0 Å². The molecule has 0 aromatic carbocycles. The predicted molar refractivity (Wildman–Crippen MR) is 57.9 cm³/mol. The van der Waals surface area contributed by atoms with E-state index in [9.17, 15) is 0 Å². The fraction of sp³-hybridized carbons (Fsp3) is 0.400. The second-order valence-corrected chi connectivity index (χ2v) is 4.08. The van der Waals surface area contributed by atoms with E-state index in [1.54, 1.807) is 12.5 Å². The molecule has 0 fully saturated rings. The average Bonchev–Trinajstić information content (AvgIpc) is 2.77. The number of aromatic nitrogens is 3. The van der Waals surface area contributed by atoms with Gasteiger partial charge in [0, 0.05) is 6.04 Å². The van der Waals surface area contributed by atoms with E-state index < -0.39 is 0 Å². The van der Waals surface area contributed by atoms with Crippen molar-refractivity contribution in [3.05, 3.63) is 23.2 Å². The Balaban J connectivity index is 2.55. The van der Waals surface area contributed by atoms with Gasteiger partial charge in [-0.3, -0.25) is 4.68 Å². The molecule has 2 aromatic rings. The molecule has 5 heteroatoms. The topological polar surface area (TPSA) is 43.9 Å². The molecule has 0 aliphatic heterocycles. The number of rotatable bonds is 2. The molecule has 0 aliphatic carbocycles. The third kappa shape index (κ3) is 1.65. The zero-order valence-corrected chi connectivity index (χ0v) is 9.62. The van der Waals surface area contributed by atoms with Crippen LogP contribution < -0.4 is 0 Å². The standard InChI is InChI=1S/C10H12ClN3O/c1-6(2)14-7(3)9(11)10(13-14)8-4-12-15-5-8/h4-6H,1-3H3. The minimum absolute atomic E-state index is 0.288. The van der Waals surface area contributed by atoms with E-state index >= 15 is 0 Å². The average molecular weight is 226 g/mol. The predicted octanol–water partition coefficient (Wildman–Crippen LogP) is 3.08. The lowest BCUT2D eigenvalue weighted by atomic mass is 10.2. The molecule has 0 N–H and O–H groups in total. The number of hydrogen-bond acceptors (Lipinski definition) is 3. The van der Waals surface area contributed by atoms with E-state index in [4.69, 9.17) is 16.1 Å². The molecule has 80 valence electrons. The highest BCUT2D eigenvalue weighted by Crippen LogP contribution is 2.30. The summed E-state index contributed by atoms with van der Waals surface area (Å²) in [6, 6.07) is 0.288. The molecule has 0 spiro atoms. The molecule has 0 radical (unpaired) electrons. The first kappa shape index (κ1) is 10.2. The van der Waals surface area contributed by atoms with Gasteiger partial charge in [0.15, 0.2) is 0 Å². The van der Waals surface area contributed by atoms with Crippen LogP contribution in [0.25, 0.3) is 11.3 Å². The Kier molecular flexibility index (Phi) is 2.52. The molecular formula is C10H12ClN3O. The second kappa shape index (κ2) is 3.70. The summed E-state index contributed by atoms with van der Waals surface area (Å²) in [5.74, 6) is 0. The van der Waals surface area contributed by atoms with Crippen LogP contribution in [0.1, 0.15) is 25.6 Å². The van der Waals surface area contributed by atoms with Gasteiger partial charge in [0.25, 0.3) is 0 Å². The first-order valence-electron chi connectivity index (χ1n) is 4.75. The number of halogens is 1. The van der Waals surface area contributed by atoms with Crippen LogP contribution in [0.5, 0.6) is 0 Å². The highest BCUT2D eigenvalue weighted by molar-refractivity contribution is 6.33. The summed E-state index contributed by atoms with van der Waals surface area (Å²) in [6.07, 6.45) is 3.15. The van der Waals surface area contributed by atoms with Crippen molar-refractivity contribution in [2.24, 2.45) is 0 Å². The zero-order valence-electron chi connectivity index (χ0n) is 8.86. The fourth-order valence-electron chi connectivity index (χ4n) is 1.51. The third-order valence-corrected chi connectivity index (χ3v) is 2.72. The maximum Gasteiger partial charge on any atom is 0.133 e. The summed E-state index contributed by atoms with van der Waals surface area (Å²) in [5.41, 5.74) is 2.49. The molecule has 0 amide bonds. The Morgan fingerprint density at radius 2 is 2.20 bits per heavy atom. The van der Waals surface area contributed by atoms with Crippen LogP contribution in [0.2, 0.25) is 5.02 Å². The molecule has 0 bridgehead atoms. The van der Waals surface area contributed by atoms with Crippen LogP contribution in [0.3, 0.4) is 0 Å². The van der Waals surface area contributed by atoms with E-state index in [-0.39, 0.29) is 6.04 Å². The van der Waals surface area contributed by atoms with Crippen molar-refractivity contribution in [1.29, 1.82) is 0 Å². The van der Waals surface area contributed by atoms with Gasteiger partial charge in [0.05, 0.1) is 22.5 Å². The maximum absolute atomic E-state index is 6.20. The summed E-state index contributed by atoms with van der Waals surface area (Å²) in [6.45, 7) is 6.08. The van der Waals surface area contributed by atoms with Crippen LogP contribution in [-0.2, 0) is 0 Å². The molecule has 0 atom stereocenters. The van der Waals surface area contributed by atoms with Gasteiger partial charge >= 0.3 is 0 Å². The van der Waals surface area contributed by atoms with Gasteiger partial charge in [-0.05, 0) is 20.8 Å². The Morgan fingerprint density at radius 3 is 2.67 bits per heavy atom. The van der Waals surface area contributed by atoms with Crippen molar-refractivity contribution in [2.75, 3.05) is 0 Å². The molecule has 2 heterocycles. The van der Waals surface area contributed by atoms with Crippen molar-refractivity contribution in [3.63, 3.8) is 0 Å². The Labute approximate surface area is 92.8 Å². The zero-order chi connectivity index (χ0) is 11.0. The van der Waals surface area contributed by atoms with Crippen LogP contribution in [0, 0.1) is 6.92 Å². The lowest BCUT2D eigenvalue weighted by Crippen LogP contribution is -2.04. The summed E-state index contributed by atoms with van der Waals surface area (Å²) >= 11 is 6.20. The molecule has 0 saturated heterocycles. The summed E-state index contributed by atoms with van der Waals surface area (Å²) in [4.78, 5) is 0. The van der Waals surface area contributed by atoms with Crippen LogP contribution in [0.15, 0.2) is 17.0 Å². The molecule has 15 heavy (non-hydrogen) atoms. The number of nitrogens with zero attached hydrogens (tertiary/aromatic N) is 3. The van der Waals surface area contributed by atoms with Gasteiger partial charge in [-0.25, -0.2) is 0 Å². The van der Waals surface area contributed by atoms with Gasteiger partial charge in [-0.1, -0.05) is 16.8 Å². The lowest BCUT2D eigenvalue weighted by molar-refractivity contribution is 0.420. The molecule has 4 nitrogen and oxygen atoms in total. The lowest BCUT2D eigenvalue weighted by Gasteiger charge is -2.06. The first-order valence-corrected chi connectivity index (χ1v) is 5.13. The van der Waals surface area contributed by atoms with Crippen LogP contribution >= 0.6 is 11.6 Å². The van der Waals surface area contributed by atoms with Crippen molar-refractivity contribution in [2.45, 2.75) is 26.8 Å². The summed E-state index contributed by atoms with van der Waals surface area (Å²) in [7, 11) is 0.